The standard InChI is InChI=1S/C15H21NO/c1-5-10-6-11-8-12(9-16)17-14(11)13(7-10)15(2,3)4/h6-8H,5,9,16H2,1-4H3. The van der Waals surface area contributed by atoms with E-state index < -0.39 is 0 Å². The second kappa shape index (κ2) is 4.19. The van der Waals surface area contributed by atoms with Gasteiger partial charge in [0.25, 0.3) is 0 Å². The lowest BCUT2D eigenvalue weighted by molar-refractivity contribution is 0.526. The van der Waals surface area contributed by atoms with Crippen molar-refractivity contribution in [1.29, 1.82) is 0 Å². The van der Waals surface area contributed by atoms with Crippen molar-refractivity contribution < 1.29 is 4.42 Å². The molecule has 2 N–H and O–H groups in total. The van der Waals surface area contributed by atoms with Crippen LogP contribution in [-0.4, -0.2) is 0 Å². The van der Waals surface area contributed by atoms with Crippen molar-refractivity contribution >= 4 is 11.0 Å². The van der Waals surface area contributed by atoms with Crippen LogP contribution in [0.4, 0.5) is 0 Å². The van der Waals surface area contributed by atoms with Gasteiger partial charge >= 0.3 is 0 Å². The quantitative estimate of drug-likeness (QED) is 0.855. The minimum atomic E-state index is 0.0904. The van der Waals surface area contributed by atoms with Gasteiger partial charge in [-0.1, -0.05) is 33.8 Å². The second-order valence-corrected chi connectivity index (χ2v) is 5.58. The third-order valence-corrected chi connectivity index (χ3v) is 3.14. The third-order valence-electron chi connectivity index (χ3n) is 3.14. The topological polar surface area (TPSA) is 39.2 Å². The average Bonchev–Trinajstić information content (AvgIpc) is 2.68. The van der Waals surface area contributed by atoms with Crippen molar-refractivity contribution in [2.45, 2.75) is 46.1 Å². The molecule has 17 heavy (non-hydrogen) atoms. The number of hydrogen-bond donors (Lipinski definition) is 1. The number of hydrogen-bond acceptors (Lipinski definition) is 2. The smallest absolute Gasteiger partial charge is 0.138 e. The summed E-state index contributed by atoms with van der Waals surface area (Å²) in [5.41, 5.74) is 9.36. The zero-order chi connectivity index (χ0) is 12.6. The molecule has 0 saturated carbocycles. The van der Waals surface area contributed by atoms with Crippen LogP contribution in [0.15, 0.2) is 22.6 Å². The number of nitrogens with two attached hydrogens (primary N) is 1. The molecule has 0 aliphatic heterocycles. The molecule has 92 valence electrons. The van der Waals surface area contributed by atoms with E-state index in [2.05, 4.69) is 45.9 Å². The van der Waals surface area contributed by atoms with E-state index in [1.165, 1.54) is 16.5 Å². The first-order valence-electron chi connectivity index (χ1n) is 6.21. The van der Waals surface area contributed by atoms with E-state index in [0.717, 1.165) is 17.8 Å². The van der Waals surface area contributed by atoms with Gasteiger partial charge in [-0.05, 0) is 29.5 Å². The maximum atomic E-state index is 5.85. The molecule has 0 saturated heterocycles. The summed E-state index contributed by atoms with van der Waals surface area (Å²) in [6.45, 7) is 9.28. The summed E-state index contributed by atoms with van der Waals surface area (Å²) >= 11 is 0. The average molecular weight is 231 g/mol. The lowest BCUT2D eigenvalue weighted by atomic mass is 9.85. The van der Waals surface area contributed by atoms with Crippen LogP contribution < -0.4 is 5.73 Å². The Morgan fingerprint density at radius 3 is 2.41 bits per heavy atom. The van der Waals surface area contributed by atoms with Crippen molar-refractivity contribution in [3.63, 3.8) is 0 Å². The fourth-order valence-electron chi connectivity index (χ4n) is 2.13. The van der Waals surface area contributed by atoms with Gasteiger partial charge in [0, 0.05) is 10.9 Å². The predicted octanol–water partition coefficient (Wildman–Crippen LogP) is 3.75. The number of rotatable bonds is 2. The van der Waals surface area contributed by atoms with Gasteiger partial charge in [-0.2, -0.15) is 0 Å². The Bertz CT molecular complexity index is 532. The Balaban J connectivity index is 2.74. The van der Waals surface area contributed by atoms with E-state index in [0.29, 0.717) is 6.54 Å². The summed E-state index contributed by atoms with van der Waals surface area (Å²) < 4.78 is 5.85. The second-order valence-electron chi connectivity index (χ2n) is 5.58. The van der Waals surface area contributed by atoms with Crippen LogP contribution in [-0.2, 0) is 18.4 Å². The molecule has 0 bridgehead atoms. The maximum absolute atomic E-state index is 5.85. The Hall–Kier alpha value is -1.28. The van der Waals surface area contributed by atoms with Gasteiger partial charge in [-0.3, -0.25) is 0 Å². The minimum absolute atomic E-state index is 0.0904. The molecule has 0 aliphatic rings. The number of benzene rings is 1. The van der Waals surface area contributed by atoms with Crippen LogP contribution in [0.1, 0.15) is 44.6 Å². The van der Waals surface area contributed by atoms with Crippen molar-refractivity contribution in [1.82, 2.24) is 0 Å². The normalized spacial score (nSPS) is 12.3. The molecule has 1 aromatic carbocycles. The van der Waals surface area contributed by atoms with Crippen LogP contribution >= 0.6 is 0 Å². The molecule has 0 spiro atoms. The fourth-order valence-corrected chi connectivity index (χ4v) is 2.13. The first kappa shape index (κ1) is 12.2. The van der Waals surface area contributed by atoms with Crippen LogP contribution in [0, 0.1) is 0 Å². The zero-order valence-corrected chi connectivity index (χ0v) is 11.1. The molecule has 0 atom stereocenters. The highest BCUT2D eigenvalue weighted by Crippen LogP contribution is 2.33. The highest BCUT2D eigenvalue weighted by atomic mass is 16.3. The van der Waals surface area contributed by atoms with E-state index in [1.54, 1.807) is 0 Å². The number of fused-ring (bicyclic) bond motifs is 1. The van der Waals surface area contributed by atoms with Crippen LogP contribution in [0.25, 0.3) is 11.0 Å². The van der Waals surface area contributed by atoms with Gasteiger partial charge in [-0.15, -0.1) is 0 Å². The maximum Gasteiger partial charge on any atom is 0.138 e. The van der Waals surface area contributed by atoms with Gasteiger partial charge in [0.1, 0.15) is 11.3 Å². The minimum Gasteiger partial charge on any atom is -0.459 e. The molecule has 0 radical (unpaired) electrons. The van der Waals surface area contributed by atoms with E-state index >= 15 is 0 Å². The predicted molar refractivity (Wildman–Crippen MR) is 72.2 cm³/mol. The molecule has 0 aliphatic carbocycles. The molecule has 1 heterocycles. The number of aryl methyl sites for hydroxylation is 1. The highest BCUT2D eigenvalue weighted by Gasteiger charge is 2.20. The van der Waals surface area contributed by atoms with E-state index in [9.17, 15) is 0 Å². The molecular weight excluding hydrogens is 210 g/mol. The van der Waals surface area contributed by atoms with Crippen molar-refractivity contribution in [3.8, 4) is 0 Å². The molecular formula is C15H21NO. The van der Waals surface area contributed by atoms with E-state index in [1.807, 2.05) is 0 Å². The van der Waals surface area contributed by atoms with E-state index in [-0.39, 0.29) is 5.41 Å². The SMILES string of the molecule is CCc1cc(C(C)(C)C)c2oc(CN)cc2c1. The van der Waals surface area contributed by atoms with Crippen molar-refractivity contribution in [3.05, 3.63) is 35.1 Å². The summed E-state index contributed by atoms with van der Waals surface area (Å²) in [5, 5.41) is 1.18. The summed E-state index contributed by atoms with van der Waals surface area (Å²) in [7, 11) is 0. The molecule has 1 aromatic heterocycles. The highest BCUT2D eigenvalue weighted by molar-refractivity contribution is 5.83. The monoisotopic (exact) mass is 231 g/mol. The van der Waals surface area contributed by atoms with Crippen molar-refractivity contribution in [2.75, 3.05) is 0 Å². The molecule has 2 rings (SSSR count). The molecule has 2 aromatic rings. The third kappa shape index (κ3) is 2.22. The van der Waals surface area contributed by atoms with Crippen molar-refractivity contribution in [2.24, 2.45) is 5.73 Å². The summed E-state index contributed by atoms with van der Waals surface area (Å²) in [6, 6.07) is 6.52. The molecule has 0 fully saturated rings. The lowest BCUT2D eigenvalue weighted by Crippen LogP contribution is -2.11. The fraction of sp³-hybridized carbons (Fsp3) is 0.467. The van der Waals surface area contributed by atoms with Gasteiger partial charge in [-0.25, -0.2) is 0 Å². The Labute approximate surface area is 103 Å². The van der Waals surface area contributed by atoms with Crippen LogP contribution in [0.2, 0.25) is 0 Å². The molecule has 2 heteroatoms. The zero-order valence-electron chi connectivity index (χ0n) is 11.1. The number of furan rings is 1. The van der Waals surface area contributed by atoms with Gasteiger partial charge < -0.3 is 10.2 Å². The lowest BCUT2D eigenvalue weighted by Gasteiger charge is -2.20. The largest absolute Gasteiger partial charge is 0.459 e. The van der Waals surface area contributed by atoms with Gasteiger partial charge in [0.15, 0.2) is 0 Å². The summed E-state index contributed by atoms with van der Waals surface area (Å²) in [5.74, 6) is 0.860. The Morgan fingerprint density at radius 1 is 1.18 bits per heavy atom. The molecule has 0 amide bonds. The molecule has 2 nitrogen and oxygen atoms in total. The van der Waals surface area contributed by atoms with Crippen LogP contribution in [0.3, 0.4) is 0 Å². The van der Waals surface area contributed by atoms with E-state index in [4.69, 9.17) is 10.2 Å². The molecule has 0 unspecified atom stereocenters. The first-order chi connectivity index (χ1) is 7.95. The summed E-state index contributed by atoms with van der Waals surface area (Å²) in [6.07, 6.45) is 1.04. The summed E-state index contributed by atoms with van der Waals surface area (Å²) in [4.78, 5) is 0. The van der Waals surface area contributed by atoms with Gasteiger partial charge in [0.05, 0.1) is 6.54 Å². The Kier molecular flexibility index (Phi) is 3.00. The first-order valence-corrected chi connectivity index (χ1v) is 6.21. The van der Waals surface area contributed by atoms with Crippen LogP contribution in [0.5, 0.6) is 0 Å². The van der Waals surface area contributed by atoms with Gasteiger partial charge in [0.2, 0.25) is 0 Å². The Morgan fingerprint density at radius 2 is 1.88 bits per heavy atom.